The number of nitrogens with one attached hydrogen (secondary N) is 1. The zero-order chi connectivity index (χ0) is 13.7. The lowest BCUT2D eigenvalue weighted by Crippen LogP contribution is -2.45. The maximum atomic E-state index is 12.4. The lowest BCUT2D eigenvalue weighted by Gasteiger charge is -2.32. The highest BCUT2D eigenvalue weighted by atomic mass is 16.5. The van der Waals surface area contributed by atoms with Gasteiger partial charge in [0.05, 0.1) is 12.7 Å². The highest BCUT2D eigenvalue weighted by Crippen LogP contribution is 2.14. The second-order valence-electron chi connectivity index (χ2n) is 4.61. The number of carbonyl (C=O) groups excluding carboxylic acids is 1. The standard InChI is InChI=1S/C14H21N3O2/c1-3-12-10-17(7-8-19-12)14(18)13-9-11(15-4-2)5-6-16-13/h5-6,9,12H,3-4,7-8,10H2,1-2H3,(H,15,16). The van der Waals surface area contributed by atoms with Crippen LogP contribution in [0.4, 0.5) is 5.69 Å². The molecule has 1 saturated heterocycles. The number of pyridine rings is 1. The third-order valence-electron chi connectivity index (χ3n) is 3.24. The predicted molar refractivity (Wildman–Crippen MR) is 74.3 cm³/mol. The monoisotopic (exact) mass is 263 g/mol. The molecule has 1 fully saturated rings. The highest BCUT2D eigenvalue weighted by Gasteiger charge is 2.24. The van der Waals surface area contributed by atoms with Gasteiger partial charge in [0.25, 0.3) is 5.91 Å². The summed E-state index contributed by atoms with van der Waals surface area (Å²) in [6.07, 6.45) is 2.74. The van der Waals surface area contributed by atoms with Crippen LogP contribution in [0, 0.1) is 0 Å². The van der Waals surface area contributed by atoms with Crippen LogP contribution in [0.1, 0.15) is 30.8 Å². The third-order valence-corrected chi connectivity index (χ3v) is 3.24. The summed E-state index contributed by atoms with van der Waals surface area (Å²) in [5, 5.41) is 3.19. The molecule has 1 amide bonds. The molecule has 1 unspecified atom stereocenters. The fraction of sp³-hybridized carbons (Fsp3) is 0.571. The molecule has 2 rings (SSSR count). The van der Waals surface area contributed by atoms with E-state index in [4.69, 9.17) is 4.74 Å². The molecule has 1 aliphatic heterocycles. The van der Waals surface area contributed by atoms with Gasteiger partial charge in [-0.25, -0.2) is 0 Å². The van der Waals surface area contributed by atoms with E-state index in [0.717, 1.165) is 18.7 Å². The number of hydrogen-bond acceptors (Lipinski definition) is 4. The largest absolute Gasteiger partial charge is 0.385 e. The Kier molecular flexibility index (Phi) is 4.74. The average Bonchev–Trinajstić information content (AvgIpc) is 2.47. The van der Waals surface area contributed by atoms with Gasteiger partial charge in [-0.1, -0.05) is 6.92 Å². The first kappa shape index (κ1) is 13.8. The van der Waals surface area contributed by atoms with Crippen LogP contribution in [0.15, 0.2) is 18.3 Å². The summed E-state index contributed by atoms with van der Waals surface area (Å²) in [6, 6.07) is 3.68. The van der Waals surface area contributed by atoms with Gasteiger partial charge in [0.2, 0.25) is 0 Å². The first-order valence-electron chi connectivity index (χ1n) is 6.85. The molecule has 1 N–H and O–H groups in total. The molecule has 1 aliphatic rings. The lowest BCUT2D eigenvalue weighted by molar-refractivity contribution is -0.0228. The number of anilines is 1. The van der Waals surface area contributed by atoms with E-state index in [1.165, 1.54) is 0 Å². The quantitative estimate of drug-likeness (QED) is 0.899. The van der Waals surface area contributed by atoms with Crippen LogP contribution in [-0.4, -0.2) is 48.1 Å². The van der Waals surface area contributed by atoms with E-state index in [0.29, 0.717) is 25.4 Å². The van der Waals surface area contributed by atoms with E-state index in [9.17, 15) is 4.79 Å². The number of nitrogens with zero attached hydrogens (tertiary/aromatic N) is 2. The second kappa shape index (κ2) is 6.52. The maximum absolute atomic E-state index is 12.4. The number of morpholine rings is 1. The minimum absolute atomic E-state index is 0.0125. The molecule has 1 aromatic heterocycles. The van der Waals surface area contributed by atoms with Gasteiger partial charge >= 0.3 is 0 Å². The average molecular weight is 263 g/mol. The van der Waals surface area contributed by atoms with Crippen LogP contribution in [0.3, 0.4) is 0 Å². The van der Waals surface area contributed by atoms with Crippen LogP contribution >= 0.6 is 0 Å². The first-order valence-corrected chi connectivity index (χ1v) is 6.85. The molecule has 5 heteroatoms. The Hall–Kier alpha value is -1.62. The molecule has 1 aromatic rings. The molecule has 5 nitrogen and oxygen atoms in total. The Labute approximate surface area is 114 Å². The maximum Gasteiger partial charge on any atom is 0.272 e. The molecular formula is C14H21N3O2. The van der Waals surface area contributed by atoms with E-state index in [-0.39, 0.29) is 12.0 Å². The normalized spacial score (nSPS) is 19.3. The van der Waals surface area contributed by atoms with Crippen LogP contribution in [0.2, 0.25) is 0 Å². The van der Waals surface area contributed by atoms with Crippen molar-refractivity contribution < 1.29 is 9.53 Å². The van der Waals surface area contributed by atoms with E-state index >= 15 is 0 Å². The Morgan fingerprint density at radius 1 is 1.58 bits per heavy atom. The van der Waals surface area contributed by atoms with Crippen LogP contribution in [0.5, 0.6) is 0 Å². The summed E-state index contributed by atoms with van der Waals surface area (Å²) in [4.78, 5) is 18.4. The third kappa shape index (κ3) is 3.44. The van der Waals surface area contributed by atoms with Gasteiger partial charge in [0.15, 0.2) is 0 Å². The van der Waals surface area contributed by atoms with E-state index in [2.05, 4.69) is 17.2 Å². The summed E-state index contributed by atoms with van der Waals surface area (Å²) < 4.78 is 5.58. The highest BCUT2D eigenvalue weighted by molar-refractivity contribution is 5.93. The van der Waals surface area contributed by atoms with Gasteiger partial charge in [-0.05, 0) is 25.5 Å². The SMILES string of the molecule is CCNc1ccnc(C(=O)N2CCOC(CC)C2)c1. The molecule has 0 bridgehead atoms. The molecule has 104 valence electrons. The molecule has 2 heterocycles. The minimum atomic E-state index is -0.0125. The molecule has 1 atom stereocenters. The number of amides is 1. The molecule has 0 spiro atoms. The second-order valence-corrected chi connectivity index (χ2v) is 4.61. The van der Waals surface area contributed by atoms with Crippen LogP contribution in [-0.2, 0) is 4.74 Å². The predicted octanol–water partition coefficient (Wildman–Crippen LogP) is 1.76. The van der Waals surface area contributed by atoms with Gasteiger partial charge in [-0.15, -0.1) is 0 Å². The van der Waals surface area contributed by atoms with Gasteiger partial charge in [0.1, 0.15) is 5.69 Å². The summed E-state index contributed by atoms with van der Waals surface area (Å²) in [5.74, 6) is -0.0125. The topological polar surface area (TPSA) is 54.5 Å². The molecule has 0 aliphatic carbocycles. The fourth-order valence-electron chi connectivity index (χ4n) is 2.17. The molecular weight excluding hydrogens is 242 g/mol. The van der Waals surface area contributed by atoms with E-state index in [1.807, 2.05) is 24.0 Å². The number of ether oxygens (including phenoxy) is 1. The summed E-state index contributed by atoms with van der Waals surface area (Å²) >= 11 is 0. The Bertz CT molecular complexity index is 436. The molecule has 0 radical (unpaired) electrons. The van der Waals surface area contributed by atoms with Crippen LogP contribution in [0.25, 0.3) is 0 Å². The minimum Gasteiger partial charge on any atom is -0.385 e. The fourth-order valence-corrected chi connectivity index (χ4v) is 2.17. The van der Waals surface area contributed by atoms with Crippen LogP contribution < -0.4 is 5.32 Å². The molecule has 19 heavy (non-hydrogen) atoms. The lowest BCUT2D eigenvalue weighted by atomic mass is 10.2. The number of rotatable bonds is 4. The van der Waals surface area contributed by atoms with Crippen molar-refractivity contribution in [2.75, 3.05) is 31.6 Å². The van der Waals surface area contributed by atoms with Crippen molar-refractivity contribution in [3.8, 4) is 0 Å². The Morgan fingerprint density at radius 2 is 2.42 bits per heavy atom. The Morgan fingerprint density at radius 3 is 3.16 bits per heavy atom. The summed E-state index contributed by atoms with van der Waals surface area (Å²) in [6.45, 7) is 6.83. The van der Waals surface area contributed by atoms with Crippen molar-refractivity contribution in [1.29, 1.82) is 0 Å². The van der Waals surface area contributed by atoms with Crippen molar-refractivity contribution in [3.05, 3.63) is 24.0 Å². The molecule has 0 aromatic carbocycles. The van der Waals surface area contributed by atoms with Crippen molar-refractivity contribution in [3.63, 3.8) is 0 Å². The van der Waals surface area contributed by atoms with Gasteiger partial charge in [-0.3, -0.25) is 9.78 Å². The summed E-state index contributed by atoms with van der Waals surface area (Å²) in [5.41, 5.74) is 1.43. The van der Waals surface area contributed by atoms with Crippen molar-refractivity contribution in [1.82, 2.24) is 9.88 Å². The zero-order valence-corrected chi connectivity index (χ0v) is 11.6. The van der Waals surface area contributed by atoms with Crippen molar-refractivity contribution in [2.24, 2.45) is 0 Å². The van der Waals surface area contributed by atoms with Gasteiger partial charge in [0, 0.05) is 31.5 Å². The van der Waals surface area contributed by atoms with Crippen molar-refractivity contribution in [2.45, 2.75) is 26.4 Å². The van der Waals surface area contributed by atoms with E-state index in [1.54, 1.807) is 6.20 Å². The number of hydrogen-bond donors (Lipinski definition) is 1. The van der Waals surface area contributed by atoms with Gasteiger partial charge < -0.3 is 15.0 Å². The van der Waals surface area contributed by atoms with E-state index < -0.39 is 0 Å². The molecule has 0 saturated carbocycles. The number of aromatic nitrogens is 1. The zero-order valence-electron chi connectivity index (χ0n) is 11.6. The smallest absolute Gasteiger partial charge is 0.272 e. The van der Waals surface area contributed by atoms with Crippen molar-refractivity contribution >= 4 is 11.6 Å². The Balaban J connectivity index is 2.08. The first-order chi connectivity index (χ1) is 9.24. The summed E-state index contributed by atoms with van der Waals surface area (Å²) in [7, 11) is 0. The van der Waals surface area contributed by atoms with Gasteiger partial charge in [-0.2, -0.15) is 0 Å². The number of carbonyl (C=O) groups is 1.